The zero-order chi connectivity index (χ0) is 17.9. The van der Waals surface area contributed by atoms with Crippen molar-refractivity contribution >= 4 is 23.2 Å². The van der Waals surface area contributed by atoms with Gasteiger partial charge < -0.3 is 9.80 Å². The van der Waals surface area contributed by atoms with Gasteiger partial charge in [-0.2, -0.15) is 5.26 Å². The standard InChI is InChI=1S/C19H24ClN3O/c1-13(2)11-23(16-6-5-15(10-21)18(20)9-16)17-7-8-22(12-17)19(24)14(3)4/h5-6,9,14,17H,1,7-8,11-12H2,2-4H3/t17-/m0/s1. The summed E-state index contributed by atoms with van der Waals surface area (Å²) in [6.07, 6.45) is 0.920. The van der Waals surface area contributed by atoms with Crippen molar-refractivity contribution in [2.75, 3.05) is 24.5 Å². The van der Waals surface area contributed by atoms with Gasteiger partial charge in [0.15, 0.2) is 0 Å². The highest BCUT2D eigenvalue weighted by Crippen LogP contribution is 2.28. The first-order chi connectivity index (χ1) is 11.3. The minimum atomic E-state index is 0.0164. The monoisotopic (exact) mass is 345 g/mol. The Kier molecular flexibility index (Phi) is 5.90. The first-order valence-corrected chi connectivity index (χ1v) is 8.60. The summed E-state index contributed by atoms with van der Waals surface area (Å²) in [7, 11) is 0. The number of hydrogen-bond acceptors (Lipinski definition) is 3. The maximum Gasteiger partial charge on any atom is 0.225 e. The van der Waals surface area contributed by atoms with Gasteiger partial charge in [0.1, 0.15) is 6.07 Å². The lowest BCUT2D eigenvalue weighted by atomic mass is 10.1. The summed E-state index contributed by atoms with van der Waals surface area (Å²) in [6.45, 7) is 12.1. The average Bonchev–Trinajstić information content (AvgIpc) is 3.01. The van der Waals surface area contributed by atoms with E-state index < -0.39 is 0 Å². The quantitative estimate of drug-likeness (QED) is 0.761. The fraction of sp³-hybridized carbons (Fsp3) is 0.474. The third-order valence-corrected chi connectivity index (χ3v) is 4.57. The fourth-order valence-corrected chi connectivity index (χ4v) is 3.27. The fourth-order valence-electron chi connectivity index (χ4n) is 3.06. The van der Waals surface area contributed by atoms with E-state index in [2.05, 4.69) is 17.5 Å². The highest BCUT2D eigenvalue weighted by atomic mass is 35.5. The van der Waals surface area contributed by atoms with Gasteiger partial charge in [0, 0.05) is 37.3 Å². The van der Waals surface area contributed by atoms with Gasteiger partial charge in [-0.15, -0.1) is 0 Å². The maximum atomic E-state index is 12.2. The van der Waals surface area contributed by atoms with Crippen LogP contribution in [-0.2, 0) is 4.79 Å². The predicted octanol–water partition coefficient (Wildman–Crippen LogP) is 3.85. The van der Waals surface area contributed by atoms with Crippen molar-refractivity contribution < 1.29 is 4.79 Å². The van der Waals surface area contributed by atoms with Gasteiger partial charge in [0.25, 0.3) is 0 Å². The van der Waals surface area contributed by atoms with Crippen LogP contribution in [0.3, 0.4) is 0 Å². The van der Waals surface area contributed by atoms with Crippen molar-refractivity contribution in [1.82, 2.24) is 4.90 Å². The molecule has 0 bridgehead atoms. The van der Waals surface area contributed by atoms with Gasteiger partial charge in [0.2, 0.25) is 5.91 Å². The van der Waals surface area contributed by atoms with Crippen molar-refractivity contribution in [3.05, 3.63) is 40.9 Å². The molecule has 0 N–H and O–H groups in total. The SMILES string of the molecule is C=C(C)CN(c1ccc(C#N)c(Cl)c1)[C@H]1CCN(C(=O)C(C)C)C1. The van der Waals surface area contributed by atoms with Gasteiger partial charge >= 0.3 is 0 Å². The minimum Gasteiger partial charge on any atom is -0.363 e. The molecule has 1 fully saturated rings. The van der Waals surface area contributed by atoms with Crippen LogP contribution >= 0.6 is 11.6 Å². The van der Waals surface area contributed by atoms with E-state index in [1.54, 1.807) is 6.07 Å². The molecule has 1 amide bonds. The van der Waals surface area contributed by atoms with E-state index in [4.69, 9.17) is 16.9 Å². The van der Waals surface area contributed by atoms with Crippen LogP contribution in [0.2, 0.25) is 5.02 Å². The first kappa shape index (κ1) is 18.4. The largest absolute Gasteiger partial charge is 0.363 e. The number of halogens is 1. The van der Waals surface area contributed by atoms with Crippen molar-refractivity contribution in [2.45, 2.75) is 33.2 Å². The van der Waals surface area contributed by atoms with Crippen molar-refractivity contribution in [2.24, 2.45) is 5.92 Å². The number of benzene rings is 1. The van der Waals surface area contributed by atoms with E-state index in [1.165, 1.54) is 0 Å². The number of hydrogen-bond donors (Lipinski definition) is 0. The smallest absolute Gasteiger partial charge is 0.225 e. The van der Waals surface area contributed by atoms with Gasteiger partial charge in [0.05, 0.1) is 10.6 Å². The molecule has 0 radical (unpaired) electrons. The van der Waals surface area contributed by atoms with Crippen LogP contribution < -0.4 is 4.90 Å². The van der Waals surface area contributed by atoms with E-state index in [1.807, 2.05) is 37.8 Å². The Morgan fingerprint density at radius 3 is 2.79 bits per heavy atom. The molecular formula is C19H24ClN3O. The van der Waals surface area contributed by atoms with E-state index in [0.717, 1.165) is 24.2 Å². The second-order valence-electron chi connectivity index (χ2n) is 6.74. The number of likely N-dealkylation sites (tertiary alicyclic amines) is 1. The van der Waals surface area contributed by atoms with Gasteiger partial charge in [-0.25, -0.2) is 0 Å². The van der Waals surface area contributed by atoms with Crippen LogP contribution in [-0.4, -0.2) is 36.5 Å². The molecule has 2 rings (SSSR count). The number of carbonyl (C=O) groups excluding carboxylic acids is 1. The third-order valence-electron chi connectivity index (χ3n) is 4.25. The molecule has 0 spiro atoms. The molecule has 5 heteroatoms. The Morgan fingerprint density at radius 1 is 1.54 bits per heavy atom. The molecule has 0 aromatic heterocycles. The lowest BCUT2D eigenvalue weighted by Gasteiger charge is -2.32. The first-order valence-electron chi connectivity index (χ1n) is 8.23. The van der Waals surface area contributed by atoms with Gasteiger partial charge in [-0.1, -0.05) is 37.6 Å². The van der Waals surface area contributed by atoms with Gasteiger partial charge in [-0.05, 0) is 31.5 Å². The molecule has 1 aromatic carbocycles. The molecule has 4 nitrogen and oxygen atoms in total. The van der Waals surface area contributed by atoms with Crippen LogP contribution in [0.5, 0.6) is 0 Å². The summed E-state index contributed by atoms with van der Waals surface area (Å²) < 4.78 is 0. The van der Waals surface area contributed by atoms with Crippen LogP contribution in [0.1, 0.15) is 32.8 Å². The second-order valence-corrected chi connectivity index (χ2v) is 7.15. The average molecular weight is 346 g/mol. The maximum absolute atomic E-state index is 12.2. The van der Waals surface area contributed by atoms with Crippen LogP contribution in [0.4, 0.5) is 5.69 Å². The number of amides is 1. The van der Waals surface area contributed by atoms with E-state index >= 15 is 0 Å². The Balaban J connectivity index is 2.24. The molecule has 128 valence electrons. The number of anilines is 1. The summed E-state index contributed by atoms with van der Waals surface area (Å²) in [6, 6.07) is 7.81. The second kappa shape index (κ2) is 7.72. The lowest BCUT2D eigenvalue weighted by Crippen LogP contribution is -2.40. The van der Waals surface area contributed by atoms with Crippen molar-refractivity contribution in [1.29, 1.82) is 5.26 Å². The number of carbonyl (C=O) groups is 1. The zero-order valence-electron chi connectivity index (χ0n) is 14.6. The summed E-state index contributed by atoms with van der Waals surface area (Å²) in [4.78, 5) is 16.4. The minimum absolute atomic E-state index is 0.0164. The molecule has 24 heavy (non-hydrogen) atoms. The highest BCUT2D eigenvalue weighted by molar-refractivity contribution is 6.32. The van der Waals surface area contributed by atoms with Crippen LogP contribution in [0.15, 0.2) is 30.4 Å². The molecule has 0 saturated carbocycles. The molecule has 1 aliphatic heterocycles. The summed E-state index contributed by atoms with van der Waals surface area (Å²) in [5.74, 6) is 0.216. The highest BCUT2D eigenvalue weighted by Gasteiger charge is 2.31. The number of rotatable bonds is 5. The summed E-state index contributed by atoms with van der Waals surface area (Å²) >= 11 is 6.20. The molecule has 1 saturated heterocycles. The van der Waals surface area contributed by atoms with E-state index in [0.29, 0.717) is 23.7 Å². The summed E-state index contributed by atoms with van der Waals surface area (Å²) in [5.41, 5.74) is 2.48. The third kappa shape index (κ3) is 4.10. The predicted molar refractivity (Wildman–Crippen MR) is 98.2 cm³/mol. The normalized spacial score (nSPS) is 17.0. The molecule has 1 heterocycles. The van der Waals surface area contributed by atoms with Crippen molar-refractivity contribution in [3.63, 3.8) is 0 Å². The molecule has 1 atom stereocenters. The van der Waals surface area contributed by atoms with Crippen molar-refractivity contribution in [3.8, 4) is 6.07 Å². The number of nitrogens with zero attached hydrogens (tertiary/aromatic N) is 3. The molecular weight excluding hydrogens is 322 g/mol. The van der Waals surface area contributed by atoms with Crippen LogP contribution in [0, 0.1) is 17.2 Å². The molecule has 1 aromatic rings. The lowest BCUT2D eigenvalue weighted by molar-refractivity contribution is -0.133. The Hall–Kier alpha value is -1.99. The molecule has 0 aliphatic carbocycles. The Labute approximate surface area is 149 Å². The topological polar surface area (TPSA) is 47.3 Å². The zero-order valence-corrected chi connectivity index (χ0v) is 15.3. The molecule has 1 aliphatic rings. The van der Waals surface area contributed by atoms with E-state index in [9.17, 15) is 4.79 Å². The van der Waals surface area contributed by atoms with E-state index in [-0.39, 0.29) is 17.9 Å². The Bertz CT molecular complexity index is 678. The Morgan fingerprint density at radius 2 is 2.25 bits per heavy atom. The molecule has 0 unspecified atom stereocenters. The van der Waals surface area contributed by atoms with Crippen LogP contribution in [0.25, 0.3) is 0 Å². The number of nitriles is 1. The van der Waals surface area contributed by atoms with Gasteiger partial charge in [-0.3, -0.25) is 4.79 Å². The summed E-state index contributed by atoms with van der Waals surface area (Å²) in [5, 5.41) is 9.50.